The van der Waals surface area contributed by atoms with Gasteiger partial charge in [-0.3, -0.25) is 28.9 Å². The zero-order valence-electron chi connectivity index (χ0n) is 22.4. The highest BCUT2D eigenvalue weighted by Gasteiger charge is 2.73. The Labute approximate surface area is 233 Å². The van der Waals surface area contributed by atoms with Gasteiger partial charge in [0.25, 0.3) is 0 Å². The number of hydrogen-bond donors (Lipinski definition) is 4. The number of likely N-dealkylation sites (N-methyl/N-ethyl adjacent to an activating group) is 1. The van der Waals surface area contributed by atoms with Gasteiger partial charge < -0.3 is 25.5 Å². The maximum Gasteiger partial charge on any atom is 0.235 e. The normalized spacial score (nSPS) is 33.1. The van der Waals surface area contributed by atoms with E-state index in [1.165, 1.54) is 25.1 Å². The number of furan rings is 1. The molecule has 5 N–H and O–H groups in total. The van der Waals surface area contributed by atoms with Gasteiger partial charge in [0.05, 0.1) is 29.5 Å². The third-order valence-corrected chi connectivity index (χ3v) is 9.16. The first kappa shape index (κ1) is 27.0. The Morgan fingerprint density at radius 3 is 2.37 bits per heavy atom. The second-order valence-electron chi connectivity index (χ2n) is 11.4. The molecule has 1 amide bonds. The fourth-order valence-corrected chi connectivity index (χ4v) is 7.40. The maximum atomic E-state index is 14.1. The van der Waals surface area contributed by atoms with Crippen LogP contribution in [0, 0.1) is 23.7 Å². The van der Waals surface area contributed by atoms with Crippen molar-refractivity contribution in [3.05, 3.63) is 53.6 Å². The third kappa shape index (κ3) is 3.39. The van der Waals surface area contributed by atoms with Crippen LogP contribution in [0.2, 0.25) is 0 Å². The van der Waals surface area contributed by atoms with E-state index in [4.69, 9.17) is 10.2 Å². The Kier molecular flexibility index (Phi) is 5.86. The number of para-hydroxylation sites is 1. The predicted molar refractivity (Wildman–Crippen MR) is 143 cm³/mol. The van der Waals surface area contributed by atoms with E-state index in [-0.39, 0.29) is 5.56 Å². The largest absolute Gasteiger partial charge is 0.507 e. The number of amides is 1. The predicted octanol–water partition coefficient (Wildman–Crippen LogP) is 0.812. The van der Waals surface area contributed by atoms with Crippen LogP contribution in [0.25, 0.3) is 22.3 Å². The number of benzene rings is 2. The number of phenolic OH excluding ortho intramolecular Hbond substituents is 1. The van der Waals surface area contributed by atoms with Gasteiger partial charge in [0, 0.05) is 16.9 Å². The highest BCUT2D eigenvalue weighted by molar-refractivity contribution is 6.32. The Hall–Kier alpha value is -4.19. The van der Waals surface area contributed by atoms with Crippen LogP contribution in [0.5, 0.6) is 5.75 Å². The molecule has 3 aromatic rings. The van der Waals surface area contributed by atoms with Crippen LogP contribution < -0.4 is 5.73 Å². The summed E-state index contributed by atoms with van der Waals surface area (Å²) in [7, 11) is 2.89. The zero-order chi connectivity index (χ0) is 29.7. The van der Waals surface area contributed by atoms with Gasteiger partial charge in [-0.05, 0) is 49.8 Å². The molecule has 3 aliphatic carbocycles. The quantitative estimate of drug-likeness (QED) is 0.334. The number of aliphatic hydroxyl groups is 2. The van der Waals surface area contributed by atoms with E-state index >= 15 is 0 Å². The minimum atomic E-state index is -3.04. The van der Waals surface area contributed by atoms with Crippen LogP contribution in [-0.2, 0) is 19.2 Å². The number of hydrogen-bond acceptors (Lipinski definition) is 10. The lowest BCUT2D eigenvalue weighted by Gasteiger charge is -2.56. The number of nitrogens with two attached hydrogens (primary N) is 1. The number of carbonyl (C=O) groups excluding carboxylic acids is 5. The fourth-order valence-electron chi connectivity index (χ4n) is 7.40. The van der Waals surface area contributed by atoms with Crippen molar-refractivity contribution in [2.45, 2.75) is 30.6 Å². The Bertz CT molecular complexity index is 1660. The lowest BCUT2D eigenvalue weighted by Crippen LogP contribution is -2.77. The SMILES string of the molecule is C[C@@H]1c2c(-c3cc4ccccc4o3)ccc(O)c2C(=O)C2C(=O)[C@@]3(O)C(=O)C(C(N)=O)C(=O)[C@H](N(C)C)[C@H]3[C@H](O)[C@H]21. The number of primary amides is 1. The van der Waals surface area contributed by atoms with Gasteiger partial charge in [0.1, 0.15) is 17.1 Å². The van der Waals surface area contributed by atoms with Crippen molar-refractivity contribution in [3.63, 3.8) is 0 Å². The van der Waals surface area contributed by atoms with Crippen LogP contribution in [0.15, 0.2) is 46.9 Å². The van der Waals surface area contributed by atoms with E-state index in [0.717, 1.165) is 5.39 Å². The van der Waals surface area contributed by atoms with Gasteiger partial charge >= 0.3 is 0 Å². The second kappa shape index (κ2) is 8.90. The van der Waals surface area contributed by atoms with Crippen molar-refractivity contribution in [3.8, 4) is 17.1 Å². The first-order valence-electron chi connectivity index (χ1n) is 13.2. The molecule has 0 saturated heterocycles. The number of Topliss-reactive ketones (excluding diaryl/α,β-unsaturated/α-hetero) is 4. The van der Waals surface area contributed by atoms with E-state index in [9.17, 15) is 39.3 Å². The number of aliphatic hydroxyl groups excluding tert-OH is 1. The van der Waals surface area contributed by atoms with Crippen molar-refractivity contribution >= 4 is 40.0 Å². The summed E-state index contributed by atoms with van der Waals surface area (Å²) in [6, 6.07) is 10.5. The van der Waals surface area contributed by atoms with Crippen molar-refractivity contribution in [2.75, 3.05) is 14.1 Å². The Morgan fingerprint density at radius 2 is 1.73 bits per heavy atom. The van der Waals surface area contributed by atoms with Gasteiger partial charge in [-0.15, -0.1) is 0 Å². The van der Waals surface area contributed by atoms with Crippen LogP contribution in [0.1, 0.15) is 28.8 Å². The Morgan fingerprint density at radius 1 is 1.05 bits per heavy atom. The molecule has 0 bridgehead atoms. The molecule has 41 heavy (non-hydrogen) atoms. The van der Waals surface area contributed by atoms with E-state index in [1.807, 2.05) is 12.1 Å². The smallest absolute Gasteiger partial charge is 0.235 e. The molecule has 8 atom stereocenters. The van der Waals surface area contributed by atoms with Gasteiger partial charge in [0.15, 0.2) is 34.7 Å². The molecule has 6 rings (SSSR count). The maximum absolute atomic E-state index is 14.1. The molecule has 11 nitrogen and oxygen atoms in total. The molecule has 0 spiro atoms. The second-order valence-corrected chi connectivity index (χ2v) is 11.4. The van der Waals surface area contributed by atoms with Gasteiger partial charge in [0.2, 0.25) is 5.91 Å². The highest BCUT2D eigenvalue weighted by atomic mass is 16.3. The summed E-state index contributed by atoms with van der Waals surface area (Å²) in [5.41, 5.74) is 3.50. The molecule has 0 radical (unpaired) electrons. The number of aromatic hydroxyl groups is 1. The molecular formula is C30H28N2O9. The molecule has 212 valence electrons. The molecule has 11 heteroatoms. The number of carbonyl (C=O) groups is 5. The van der Waals surface area contributed by atoms with E-state index in [0.29, 0.717) is 22.5 Å². The molecular weight excluding hydrogens is 532 g/mol. The number of ketones is 4. The zero-order valence-corrected chi connectivity index (χ0v) is 22.4. The van der Waals surface area contributed by atoms with Crippen LogP contribution in [-0.4, -0.2) is 81.1 Å². The van der Waals surface area contributed by atoms with Crippen LogP contribution in [0.4, 0.5) is 0 Å². The first-order valence-corrected chi connectivity index (χ1v) is 13.2. The number of nitrogens with zero attached hydrogens (tertiary/aromatic N) is 1. The number of phenols is 1. The molecule has 2 saturated carbocycles. The molecule has 3 aliphatic rings. The third-order valence-electron chi connectivity index (χ3n) is 9.16. The summed E-state index contributed by atoms with van der Waals surface area (Å²) in [6.07, 6.45) is -1.71. The van der Waals surface area contributed by atoms with Gasteiger partial charge in [-0.25, -0.2) is 0 Å². The van der Waals surface area contributed by atoms with Crippen molar-refractivity contribution in [1.29, 1.82) is 0 Å². The van der Waals surface area contributed by atoms with Gasteiger partial charge in [-0.2, -0.15) is 0 Å². The Balaban J connectivity index is 1.57. The standard InChI is InChI=1S/C30H28N2O9/c1-11-17-13(16-10-12-6-4-5-7-15(12)41-16)8-9-14(33)19(17)24(34)20-18(11)25(35)22-23(32(2)3)26(36)21(29(31)39)28(38)30(22,40)27(20)37/h4-11,18,20-23,25,33,35,40H,1-3H3,(H2,31,39)/t11-,18+,20?,21?,22+,23-,25-,30-/m1/s1. The molecule has 0 aliphatic heterocycles. The number of fused-ring (bicyclic) bond motifs is 4. The van der Waals surface area contributed by atoms with Crippen molar-refractivity contribution in [2.24, 2.45) is 29.4 Å². The van der Waals surface area contributed by atoms with Crippen molar-refractivity contribution in [1.82, 2.24) is 4.90 Å². The lowest BCUT2D eigenvalue weighted by molar-refractivity contribution is -0.196. The molecule has 2 fully saturated rings. The molecule has 1 heterocycles. The van der Waals surface area contributed by atoms with E-state index in [2.05, 4.69) is 0 Å². The van der Waals surface area contributed by atoms with Crippen LogP contribution >= 0.6 is 0 Å². The highest BCUT2D eigenvalue weighted by Crippen LogP contribution is 2.56. The number of rotatable bonds is 3. The monoisotopic (exact) mass is 560 g/mol. The minimum Gasteiger partial charge on any atom is -0.507 e. The molecule has 1 aromatic heterocycles. The van der Waals surface area contributed by atoms with E-state index < -0.39 is 82.1 Å². The summed E-state index contributed by atoms with van der Waals surface area (Å²) >= 11 is 0. The lowest BCUT2D eigenvalue weighted by atomic mass is 9.49. The average molecular weight is 561 g/mol. The van der Waals surface area contributed by atoms with Crippen LogP contribution in [0.3, 0.4) is 0 Å². The van der Waals surface area contributed by atoms with Gasteiger partial charge in [-0.1, -0.05) is 25.1 Å². The van der Waals surface area contributed by atoms with E-state index in [1.54, 1.807) is 31.2 Å². The molecule has 2 aromatic carbocycles. The molecule has 2 unspecified atom stereocenters. The summed E-state index contributed by atoms with van der Waals surface area (Å²) in [5, 5.41) is 35.2. The fraction of sp³-hybridized carbons (Fsp3) is 0.367. The summed E-state index contributed by atoms with van der Waals surface area (Å²) < 4.78 is 6.04. The minimum absolute atomic E-state index is 0.186. The average Bonchev–Trinajstić information content (AvgIpc) is 3.34. The summed E-state index contributed by atoms with van der Waals surface area (Å²) in [4.78, 5) is 68.4. The summed E-state index contributed by atoms with van der Waals surface area (Å²) in [5.74, 6) is -13.4. The topological polar surface area (TPSA) is 188 Å². The summed E-state index contributed by atoms with van der Waals surface area (Å²) in [6.45, 7) is 1.67. The first-order chi connectivity index (χ1) is 19.3. The van der Waals surface area contributed by atoms with Crippen molar-refractivity contribution < 1.29 is 43.7 Å².